The molecule has 22 heavy (non-hydrogen) atoms. The SMILES string of the molecule is CCCN1CCC[C@@H]2C(O)c3c(c(Cl)cc4c3OCO4)C[C@H]21. The third kappa shape index (κ3) is 2.12. The van der Waals surface area contributed by atoms with Gasteiger partial charge in [0, 0.05) is 28.6 Å². The smallest absolute Gasteiger partial charge is 0.231 e. The zero-order valence-electron chi connectivity index (χ0n) is 12.8. The standard InChI is InChI=1S/C17H22ClNO3/c1-2-5-19-6-3-4-10-13(19)7-11-12(18)8-14-17(22-9-21-14)15(11)16(10)20/h8,10,13,16,20H,2-7,9H2,1H3/t10-,13+,16?/m0/s1. The van der Waals surface area contributed by atoms with Crippen LogP contribution in [-0.4, -0.2) is 35.9 Å². The molecule has 1 saturated heterocycles. The molecule has 0 saturated carbocycles. The third-order valence-corrected chi connectivity index (χ3v) is 5.67. The van der Waals surface area contributed by atoms with E-state index in [1.165, 1.54) is 0 Å². The first-order valence-electron chi connectivity index (χ1n) is 8.23. The highest BCUT2D eigenvalue weighted by molar-refractivity contribution is 6.31. The Morgan fingerprint density at radius 3 is 3.09 bits per heavy atom. The third-order valence-electron chi connectivity index (χ3n) is 5.33. The summed E-state index contributed by atoms with van der Waals surface area (Å²) >= 11 is 6.48. The Morgan fingerprint density at radius 1 is 1.41 bits per heavy atom. The summed E-state index contributed by atoms with van der Waals surface area (Å²) in [4.78, 5) is 2.53. The van der Waals surface area contributed by atoms with Gasteiger partial charge in [-0.3, -0.25) is 4.90 Å². The van der Waals surface area contributed by atoms with Crippen LogP contribution in [0.4, 0.5) is 0 Å². The molecule has 1 fully saturated rings. The van der Waals surface area contributed by atoms with Gasteiger partial charge in [-0.25, -0.2) is 0 Å². The van der Waals surface area contributed by atoms with E-state index in [0.29, 0.717) is 22.6 Å². The molecule has 0 radical (unpaired) electrons. The van der Waals surface area contributed by atoms with Crippen LogP contribution in [0.1, 0.15) is 43.4 Å². The van der Waals surface area contributed by atoms with Gasteiger partial charge < -0.3 is 14.6 Å². The molecule has 5 heteroatoms. The van der Waals surface area contributed by atoms with E-state index < -0.39 is 6.10 Å². The van der Waals surface area contributed by atoms with Crippen LogP contribution < -0.4 is 9.47 Å². The van der Waals surface area contributed by atoms with Crippen LogP contribution >= 0.6 is 11.6 Å². The molecule has 1 N–H and O–H groups in total. The lowest BCUT2D eigenvalue weighted by Gasteiger charge is -2.47. The molecule has 0 bridgehead atoms. The molecule has 2 heterocycles. The summed E-state index contributed by atoms with van der Waals surface area (Å²) in [6, 6.07) is 2.22. The van der Waals surface area contributed by atoms with Crippen molar-refractivity contribution in [1.82, 2.24) is 4.90 Å². The van der Waals surface area contributed by atoms with E-state index in [-0.39, 0.29) is 12.7 Å². The van der Waals surface area contributed by atoms with E-state index in [2.05, 4.69) is 11.8 Å². The van der Waals surface area contributed by atoms with Crippen molar-refractivity contribution < 1.29 is 14.6 Å². The number of likely N-dealkylation sites (tertiary alicyclic amines) is 1. The number of aliphatic hydroxyl groups excluding tert-OH is 1. The number of hydrogen-bond acceptors (Lipinski definition) is 4. The Bertz CT molecular complexity index is 590. The van der Waals surface area contributed by atoms with Crippen LogP contribution in [0.15, 0.2) is 6.07 Å². The Hall–Kier alpha value is -0.970. The van der Waals surface area contributed by atoms with Gasteiger partial charge in [-0.2, -0.15) is 0 Å². The first-order chi connectivity index (χ1) is 10.7. The van der Waals surface area contributed by atoms with Crippen molar-refractivity contribution in [2.24, 2.45) is 5.92 Å². The van der Waals surface area contributed by atoms with Crippen LogP contribution in [0.3, 0.4) is 0 Å². The normalized spacial score (nSPS) is 30.0. The van der Waals surface area contributed by atoms with Crippen LogP contribution in [0.2, 0.25) is 5.02 Å². The van der Waals surface area contributed by atoms with Gasteiger partial charge in [0.05, 0.1) is 6.10 Å². The van der Waals surface area contributed by atoms with E-state index in [1.54, 1.807) is 0 Å². The van der Waals surface area contributed by atoms with Gasteiger partial charge in [0.15, 0.2) is 11.5 Å². The molecule has 0 amide bonds. The van der Waals surface area contributed by atoms with Gasteiger partial charge in [-0.05, 0) is 44.3 Å². The molecule has 1 unspecified atom stereocenters. The van der Waals surface area contributed by atoms with Gasteiger partial charge in [-0.1, -0.05) is 18.5 Å². The fourth-order valence-corrected chi connectivity index (χ4v) is 4.67. The number of halogens is 1. The summed E-state index contributed by atoms with van der Waals surface area (Å²) in [5.41, 5.74) is 1.92. The van der Waals surface area contributed by atoms with Crippen molar-refractivity contribution in [2.45, 2.75) is 44.8 Å². The molecule has 1 aliphatic carbocycles. The molecule has 3 atom stereocenters. The highest BCUT2D eigenvalue weighted by Gasteiger charge is 2.44. The fourth-order valence-electron chi connectivity index (χ4n) is 4.39. The summed E-state index contributed by atoms with van der Waals surface area (Å²) in [6.45, 7) is 4.64. The number of aliphatic hydroxyl groups is 1. The lowest BCUT2D eigenvalue weighted by Crippen LogP contribution is -2.50. The Kier molecular flexibility index (Phi) is 3.71. The van der Waals surface area contributed by atoms with Crippen LogP contribution in [0.5, 0.6) is 11.5 Å². The first kappa shape index (κ1) is 14.6. The number of hydrogen-bond donors (Lipinski definition) is 1. The molecule has 1 aromatic rings. The van der Waals surface area contributed by atoms with Crippen molar-refractivity contribution in [1.29, 1.82) is 0 Å². The molecule has 3 aliphatic rings. The molecule has 4 nitrogen and oxygen atoms in total. The summed E-state index contributed by atoms with van der Waals surface area (Å²) in [6.07, 6.45) is 3.73. The highest BCUT2D eigenvalue weighted by atomic mass is 35.5. The minimum Gasteiger partial charge on any atom is -0.454 e. The molecular formula is C17H22ClNO3. The second-order valence-electron chi connectivity index (χ2n) is 6.54. The topological polar surface area (TPSA) is 41.9 Å². The maximum absolute atomic E-state index is 11.0. The quantitative estimate of drug-likeness (QED) is 0.908. The van der Waals surface area contributed by atoms with E-state index in [4.69, 9.17) is 21.1 Å². The number of ether oxygens (including phenoxy) is 2. The van der Waals surface area contributed by atoms with E-state index in [0.717, 1.165) is 49.9 Å². The molecule has 2 aliphatic heterocycles. The molecule has 4 rings (SSSR count). The molecule has 0 spiro atoms. The van der Waals surface area contributed by atoms with Crippen LogP contribution in [-0.2, 0) is 6.42 Å². The van der Waals surface area contributed by atoms with Crippen molar-refractivity contribution in [3.05, 3.63) is 22.2 Å². The zero-order valence-corrected chi connectivity index (χ0v) is 13.6. The van der Waals surface area contributed by atoms with Gasteiger partial charge in [0.1, 0.15) is 0 Å². The minimum absolute atomic E-state index is 0.213. The number of benzene rings is 1. The number of fused-ring (bicyclic) bond motifs is 4. The first-order valence-corrected chi connectivity index (χ1v) is 8.61. The predicted molar refractivity (Wildman–Crippen MR) is 84.6 cm³/mol. The predicted octanol–water partition coefficient (Wildman–Crippen LogP) is 3.15. The van der Waals surface area contributed by atoms with E-state index >= 15 is 0 Å². The van der Waals surface area contributed by atoms with Crippen molar-refractivity contribution in [3.63, 3.8) is 0 Å². The largest absolute Gasteiger partial charge is 0.454 e. The average molecular weight is 324 g/mol. The summed E-state index contributed by atoms with van der Waals surface area (Å²) in [5, 5.41) is 11.7. The van der Waals surface area contributed by atoms with E-state index in [9.17, 15) is 5.11 Å². The molecule has 1 aromatic carbocycles. The fraction of sp³-hybridized carbons (Fsp3) is 0.647. The Labute approximate surface area is 136 Å². The highest BCUT2D eigenvalue weighted by Crippen LogP contribution is 2.51. The van der Waals surface area contributed by atoms with Crippen molar-refractivity contribution in [2.75, 3.05) is 19.9 Å². The maximum Gasteiger partial charge on any atom is 0.231 e. The summed E-state index contributed by atoms with van der Waals surface area (Å²) in [5.74, 6) is 1.64. The van der Waals surface area contributed by atoms with Gasteiger partial charge in [0.2, 0.25) is 6.79 Å². The summed E-state index contributed by atoms with van der Waals surface area (Å²) in [7, 11) is 0. The lowest BCUT2D eigenvalue weighted by molar-refractivity contribution is -0.00780. The number of rotatable bonds is 2. The van der Waals surface area contributed by atoms with Crippen molar-refractivity contribution >= 4 is 11.6 Å². The second-order valence-corrected chi connectivity index (χ2v) is 6.95. The van der Waals surface area contributed by atoms with Crippen LogP contribution in [0.25, 0.3) is 0 Å². The Balaban J connectivity index is 1.78. The number of nitrogens with zero attached hydrogens (tertiary/aromatic N) is 1. The average Bonchev–Trinajstić information content (AvgIpc) is 2.96. The van der Waals surface area contributed by atoms with Gasteiger partial charge >= 0.3 is 0 Å². The molecule has 0 aromatic heterocycles. The monoisotopic (exact) mass is 323 g/mol. The minimum atomic E-state index is -0.512. The maximum atomic E-state index is 11.0. The summed E-state index contributed by atoms with van der Waals surface area (Å²) < 4.78 is 11.1. The molecule has 120 valence electrons. The second kappa shape index (κ2) is 5.59. The van der Waals surface area contributed by atoms with Gasteiger partial charge in [0.25, 0.3) is 0 Å². The zero-order chi connectivity index (χ0) is 15.3. The van der Waals surface area contributed by atoms with Crippen LogP contribution in [0, 0.1) is 5.92 Å². The van der Waals surface area contributed by atoms with Crippen molar-refractivity contribution in [3.8, 4) is 11.5 Å². The van der Waals surface area contributed by atoms with E-state index in [1.807, 2.05) is 6.07 Å². The Morgan fingerprint density at radius 2 is 2.27 bits per heavy atom. The lowest BCUT2D eigenvalue weighted by atomic mass is 9.73. The molecular weight excluding hydrogens is 302 g/mol. The number of piperidine rings is 1. The van der Waals surface area contributed by atoms with Gasteiger partial charge in [-0.15, -0.1) is 0 Å².